The maximum atomic E-state index is 12.5. The maximum absolute atomic E-state index is 12.5. The molecule has 4 rings (SSSR count). The molecule has 7 nitrogen and oxygen atoms in total. The third-order valence-corrected chi connectivity index (χ3v) is 5.23. The summed E-state index contributed by atoms with van der Waals surface area (Å²) in [5, 5.41) is 0. The van der Waals surface area contributed by atoms with Crippen molar-refractivity contribution in [1.29, 1.82) is 0 Å². The van der Waals surface area contributed by atoms with E-state index in [9.17, 15) is 4.79 Å². The zero-order valence-corrected chi connectivity index (χ0v) is 15.8. The normalized spacial score (nSPS) is 21.7. The molecule has 3 heterocycles. The SMILES string of the molecule is Cc1ccccc1OCC(=O)N1CCN(C2=CC3=NC[C@@H](C)N3C=N2)CC1. The molecule has 0 spiro atoms. The maximum Gasteiger partial charge on any atom is 0.260 e. The molecule has 3 aliphatic rings. The van der Waals surface area contributed by atoms with E-state index < -0.39 is 0 Å². The molecule has 0 unspecified atom stereocenters. The second-order valence-corrected chi connectivity index (χ2v) is 7.12. The lowest BCUT2D eigenvalue weighted by Crippen LogP contribution is -2.50. The molecule has 1 atom stereocenters. The van der Waals surface area contributed by atoms with Crippen molar-refractivity contribution in [1.82, 2.24) is 14.7 Å². The van der Waals surface area contributed by atoms with Gasteiger partial charge in [0.25, 0.3) is 5.91 Å². The Labute approximate surface area is 159 Å². The van der Waals surface area contributed by atoms with E-state index in [0.29, 0.717) is 19.1 Å². The number of ether oxygens (including phenoxy) is 1. The fourth-order valence-corrected chi connectivity index (χ4v) is 3.50. The number of carbonyl (C=O) groups excluding carboxylic acids is 1. The van der Waals surface area contributed by atoms with Crippen LogP contribution in [0, 0.1) is 6.92 Å². The fraction of sp³-hybridized carbons (Fsp3) is 0.450. The summed E-state index contributed by atoms with van der Waals surface area (Å²) in [7, 11) is 0. The fourth-order valence-electron chi connectivity index (χ4n) is 3.50. The topological polar surface area (TPSA) is 60.7 Å². The highest BCUT2D eigenvalue weighted by Crippen LogP contribution is 2.20. The first kappa shape index (κ1) is 17.6. The van der Waals surface area contributed by atoms with Gasteiger partial charge in [0.1, 0.15) is 17.4 Å². The smallest absolute Gasteiger partial charge is 0.260 e. The van der Waals surface area contributed by atoms with Crippen LogP contribution in [0.1, 0.15) is 12.5 Å². The minimum atomic E-state index is 0.0270. The van der Waals surface area contributed by atoms with Crippen molar-refractivity contribution in [2.75, 3.05) is 39.3 Å². The third-order valence-electron chi connectivity index (χ3n) is 5.23. The average molecular weight is 367 g/mol. The van der Waals surface area contributed by atoms with Crippen LogP contribution in [0.25, 0.3) is 0 Å². The van der Waals surface area contributed by atoms with Crippen molar-refractivity contribution in [3.63, 3.8) is 0 Å². The highest BCUT2D eigenvalue weighted by molar-refractivity contribution is 6.03. The molecule has 1 amide bonds. The molecule has 0 aliphatic carbocycles. The second-order valence-electron chi connectivity index (χ2n) is 7.12. The molecule has 0 bridgehead atoms. The van der Waals surface area contributed by atoms with Crippen molar-refractivity contribution in [2.45, 2.75) is 19.9 Å². The summed E-state index contributed by atoms with van der Waals surface area (Å²) in [4.78, 5) is 27.8. The molecule has 0 saturated carbocycles. The molecule has 3 aliphatic heterocycles. The molecule has 0 radical (unpaired) electrons. The standard InChI is InChI=1S/C20H25N5O2/c1-15-5-3-4-6-17(15)27-13-20(26)24-9-7-23(8-10-24)18-11-19-21-12-16(2)25(19)14-22-18/h3-6,11,14,16H,7-10,12-13H2,1-2H3/t16-/m1/s1. The van der Waals surface area contributed by atoms with Crippen LogP contribution in [0.5, 0.6) is 5.75 Å². The van der Waals surface area contributed by atoms with Crippen molar-refractivity contribution in [3.05, 3.63) is 41.7 Å². The Hall–Kier alpha value is -2.83. The van der Waals surface area contributed by atoms with E-state index in [0.717, 1.165) is 42.6 Å². The van der Waals surface area contributed by atoms with Crippen LogP contribution in [0.4, 0.5) is 0 Å². The molecular weight excluding hydrogens is 342 g/mol. The Morgan fingerprint density at radius 3 is 2.78 bits per heavy atom. The monoisotopic (exact) mass is 367 g/mol. The van der Waals surface area contributed by atoms with E-state index in [1.165, 1.54) is 0 Å². The Morgan fingerprint density at radius 2 is 2.00 bits per heavy atom. The van der Waals surface area contributed by atoms with Gasteiger partial charge in [0, 0.05) is 32.3 Å². The third kappa shape index (κ3) is 3.67. The van der Waals surface area contributed by atoms with Gasteiger partial charge < -0.3 is 19.4 Å². The summed E-state index contributed by atoms with van der Waals surface area (Å²) in [6, 6.07) is 8.13. The first-order chi connectivity index (χ1) is 13.1. The van der Waals surface area contributed by atoms with Crippen molar-refractivity contribution < 1.29 is 9.53 Å². The van der Waals surface area contributed by atoms with E-state index in [2.05, 4.69) is 26.7 Å². The number of para-hydroxylation sites is 1. The average Bonchev–Trinajstić information content (AvgIpc) is 3.07. The largest absolute Gasteiger partial charge is 0.484 e. The number of aryl methyl sites for hydroxylation is 1. The van der Waals surface area contributed by atoms with E-state index in [-0.39, 0.29) is 12.5 Å². The summed E-state index contributed by atoms with van der Waals surface area (Å²) in [6.07, 6.45) is 3.92. The van der Waals surface area contributed by atoms with Crippen molar-refractivity contribution in [3.8, 4) is 5.75 Å². The van der Waals surface area contributed by atoms with E-state index >= 15 is 0 Å². The molecule has 1 aromatic rings. The highest BCUT2D eigenvalue weighted by atomic mass is 16.5. The number of fused-ring (bicyclic) bond motifs is 1. The van der Waals surface area contributed by atoms with Crippen LogP contribution < -0.4 is 4.74 Å². The minimum Gasteiger partial charge on any atom is -0.484 e. The second kappa shape index (κ2) is 7.42. The number of rotatable bonds is 4. The lowest BCUT2D eigenvalue weighted by atomic mass is 10.2. The lowest BCUT2D eigenvalue weighted by molar-refractivity contribution is -0.134. The van der Waals surface area contributed by atoms with Gasteiger partial charge in [0.15, 0.2) is 6.61 Å². The van der Waals surface area contributed by atoms with Crippen LogP contribution in [0.2, 0.25) is 0 Å². The Kier molecular flexibility index (Phi) is 4.83. The first-order valence-corrected chi connectivity index (χ1v) is 9.41. The van der Waals surface area contributed by atoms with Gasteiger partial charge in [0.2, 0.25) is 0 Å². The summed E-state index contributed by atoms with van der Waals surface area (Å²) < 4.78 is 5.69. The Balaban J connectivity index is 1.29. The van der Waals surface area contributed by atoms with Crippen LogP contribution in [-0.4, -0.2) is 78.2 Å². The number of piperazine rings is 1. The number of carbonyl (C=O) groups is 1. The zero-order valence-electron chi connectivity index (χ0n) is 15.8. The first-order valence-electron chi connectivity index (χ1n) is 9.41. The molecule has 0 aromatic heterocycles. The van der Waals surface area contributed by atoms with E-state index in [4.69, 9.17) is 4.74 Å². The summed E-state index contributed by atoms with van der Waals surface area (Å²) in [5.74, 6) is 2.71. The van der Waals surface area contributed by atoms with Crippen LogP contribution in [-0.2, 0) is 4.79 Å². The zero-order chi connectivity index (χ0) is 18.8. The van der Waals surface area contributed by atoms with Crippen LogP contribution in [0.3, 0.4) is 0 Å². The van der Waals surface area contributed by atoms with Gasteiger partial charge in [0.05, 0.1) is 18.9 Å². The summed E-state index contributed by atoms with van der Waals surface area (Å²) in [6.45, 7) is 7.90. The van der Waals surface area contributed by atoms with Gasteiger partial charge in [-0.05, 0) is 25.5 Å². The van der Waals surface area contributed by atoms with Gasteiger partial charge in [-0.15, -0.1) is 0 Å². The predicted octanol–water partition coefficient (Wildman–Crippen LogP) is 1.50. The molecule has 1 saturated heterocycles. The molecule has 27 heavy (non-hydrogen) atoms. The van der Waals surface area contributed by atoms with E-state index in [1.54, 1.807) is 0 Å². The Bertz CT molecular complexity index is 808. The quantitative estimate of drug-likeness (QED) is 0.809. The molecular formula is C20H25N5O2. The molecule has 142 valence electrons. The highest BCUT2D eigenvalue weighted by Gasteiger charge is 2.28. The summed E-state index contributed by atoms with van der Waals surface area (Å²) >= 11 is 0. The summed E-state index contributed by atoms with van der Waals surface area (Å²) in [5.41, 5.74) is 1.04. The van der Waals surface area contributed by atoms with Gasteiger partial charge in [-0.3, -0.25) is 9.79 Å². The van der Waals surface area contributed by atoms with Gasteiger partial charge >= 0.3 is 0 Å². The minimum absolute atomic E-state index is 0.0270. The number of amidine groups is 1. The molecule has 7 heteroatoms. The number of benzene rings is 1. The molecule has 0 N–H and O–H groups in total. The van der Waals surface area contributed by atoms with Crippen LogP contribution >= 0.6 is 0 Å². The molecule has 1 aromatic carbocycles. The predicted molar refractivity (Wildman–Crippen MR) is 105 cm³/mol. The van der Waals surface area contributed by atoms with Crippen molar-refractivity contribution >= 4 is 18.1 Å². The van der Waals surface area contributed by atoms with Gasteiger partial charge in [-0.1, -0.05) is 18.2 Å². The lowest BCUT2D eigenvalue weighted by Gasteiger charge is -2.37. The number of hydrogen-bond acceptors (Lipinski definition) is 6. The molecule has 1 fully saturated rings. The Morgan fingerprint density at radius 1 is 1.22 bits per heavy atom. The number of hydrogen-bond donors (Lipinski definition) is 0. The number of aliphatic imine (C=N–C) groups is 2. The van der Waals surface area contributed by atoms with Gasteiger partial charge in [-0.2, -0.15) is 0 Å². The van der Waals surface area contributed by atoms with Crippen LogP contribution in [0.15, 0.2) is 46.1 Å². The van der Waals surface area contributed by atoms with Gasteiger partial charge in [-0.25, -0.2) is 4.99 Å². The van der Waals surface area contributed by atoms with Crippen molar-refractivity contribution in [2.24, 2.45) is 9.98 Å². The number of nitrogens with zero attached hydrogens (tertiary/aromatic N) is 5. The number of amides is 1. The van der Waals surface area contributed by atoms with E-state index in [1.807, 2.05) is 48.5 Å².